The Morgan fingerprint density at radius 2 is 1.76 bits per heavy atom. The molecule has 5 aromatic rings. The number of nitrogens with zero attached hydrogens (tertiary/aromatic N) is 4. The minimum atomic E-state index is -0.691. The lowest BCUT2D eigenvalue weighted by molar-refractivity contribution is 0.436. The minimum Gasteiger partial charge on any atom is -0.453 e. The SMILES string of the molecule is Cc1cc(C#N)cc(Oc2c(Cl)ccc(Cc3nnc(-c4nc(-c5ccc(F)cc5)oc4C)o3)c2F)c1. The van der Waals surface area contributed by atoms with Crippen molar-refractivity contribution in [2.24, 2.45) is 0 Å². The smallest absolute Gasteiger partial charge is 0.269 e. The highest BCUT2D eigenvalue weighted by Crippen LogP contribution is 2.35. The maximum atomic E-state index is 15.4. The summed E-state index contributed by atoms with van der Waals surface area (Å²) in [7, 11) is 0. The van der Waals surface area contributed by atoms with Crippen molar-refractivity contribution < 1.29 is 22.4 Å². The molecule has 0 bridgehead atoms. The van der Waals surface area contributed by atoms with E-state index in [0.717, 1.165) is 5.56 Å². The number of ether oxygens (including phenoxy) is 1. The molecule has 0 saturated carbocycles. The minimum absolute atomic E-state index is 0.0364. The number of hydrogen-bond acceptors (Lipinski definition) is 7. The van der Waals surface area contributed by atoms with Crippen molar-refractivity contribution in [1.82, 2.24) is 15.2 Å². The van der Waals surface area contributed by atoms with Crippen molar-refractivity contribution in [3.05, 3.63) is 99.6 Å². The average molecular weight is 519 g/mol. The van der Waals surface area contributed by atoms with Crippen LogP contribution in [0.3, 0.4) is 0 Å². The van der Waals surface area contributed by atoms with Crippen LogP contribution in [0.25, 0.3) is 23.0 Å². The predicted molar refractivity (Wildman–Crippen MR) is 130 cm³/mol. The third-order valence-corrected chi connectivity index (χ3v) is 5.73. The van der Waals surface area contributed by atoms with Crippen LogP contribution in [-0.4, -0.2) is 15.2 Å². The summed E-state index contributed by atoms with van der Waals surface area (Å²) in [5.74, 6) is -0.0236. The van der Waals surface area contributed by atoms with Crippen molar-refractivity contribution in [3.8, 4) is 40.6 Å². The van der Waals surface area contributed by atoms with Crippen molar-refractivity contribution in [2.75, 3.05) is 0 Å². The zero-order chi connectivity index (χ0) is 26.1. The molecule has 37 heavy (non-hydrogen) atoms. The van der Waals surface area contributed by atoms with Crippen LogP contribution >= 0.6 is 11.6 Å². The van der Waals surface area contributed by atoms with E-state index in [0.29, 0.717) is 22.6 Å². The number of rotatable bonds is 6. The summed E-state index contributed by atoms with van der Waals surface area (Å²) >= 11 is 6.21. The second-order valence-electron chi connectivity index (χ2n) is 8.21. The molecule has 0 unspecified atom stereocenters. The lowest BCUT2D eigenvalue weighted by atomic mass is 10.1. The van der Waals surface area contributed by atoms with Gasteiger partial charge in [0.2, 0.25) is 11.8 Å². The maximum Gasteiger partial charge on any atom is 0.269 e. The maximum absolute atomic E-state index is 15.4. The number of halogens is 3. The van der Waals surface area contributed by atoms with Gasteiger partial charge in [0, 0.05) is 11.1 Å². The van der Waals surface area contributed by atoms with Gasteiger partial charge in [0.1, 0.15) is 17.3 Å². The fourth-order valence-corrected chi connectivity index (χ4v) is 3.87. The molecule has 10 heteroatoms. The summed E-state index contributed by atoms with van der Waals surface area (Å²) in [5, 5.41) is 17.3. The molecule has 0 N–H and O–H groups in total. The van der Waals surface area contributed by atoms with E-state index in [1.165, 1.54) is 30.3 Å². The first kappa shape index (κ1) is 24.2. The van der Waals surface area contributed by atoms with Gasteiger partial charge in [-0.05, 0) is 67.9 Å². The molecule has 0 saturated heterocycles. The molecular weight excluding hydrogens is 502 g/mol. The van der Waals surface area contributed by atoms with Gasteiger partial charge < -0.3 is 13.6 Å². The third-order valence-electron chi connectivity index (χ3n) is 5.43. The van der Waals surface area contributed by atoms with Gasteiger partial charge in [-0.2, -0.15) is 5.26 Å². The van der Waals surface area contributed by atoms with Gasteiger partial charge in [0.25, 0.3) is 5.89 Å². The van der Waals surface area contributed by atoms with E-state index in [1.807, 2.05) is 6.07 Å². The Balaban J connectivity index is 1.40. The summed E-state index contributed by atoms with van der Waals surface area (Å²) in [5.41, 5.74) is 2.29. The van der Waals surface area contributed by atoms with E-state index in [4.69, 9.17) is 25.2 Å². The highest BCUT2D eigenvalue weighted by Gasteiger charge is 2.21. The summed E-state index contributed by atoms with van der Waals surface area (Å²) in [6.07, 6.45) is -0.0364. The fraction of sp³-hybridized carbons (Fsp3) is 0.111. The standard InChI is InChI=1S/C27H17ClF2N4O3/c1-14-9-16(13-31)11-20(10-14)36-25-21(28)8-5-18(23(25)30)12-22-33-34-27(37-22)24-15(2)35-26(32-24)17-3-6-19(29)7-4-17/h3-11H,12H2,1-2H3. The molecule has 3 aromatic carbocycles. The molecular formula is C27H17ClF2N4O3. The highest BCUT2D eigenvalue weighted by molar-refractivity contribution is 6.32. The van der Waals surface area contributed by atoms with Gasteiger partial charge in [-0.25, -0.2) is 13.8 Å². The number of hydrogen-bond donors (Lipinski definition) is 0. The Morgan fingerprint density at radius 3 is 2.51 bits per heavy atom. The monoisotopic (exact) mass is 518 g/mol. The molecule has 2 heterocycles. The molecule has 0 aliphatic heterocycles. The topological polar surface area (TPSA) is 98.0 Å². The van der Waals surface area contributed by atoms with Crippen LogP contribution in [0.15, 0.2) is 63.4 Å². The zero-order valence-corrected chi connectivity index (χ0v) is 20.3. The summed E-state index contributed by atoms with van der Waals surface area (Å²) < 4.78 is 45.7. The van der Waals surface area contributed by atoms with Gasteiger partial charge in [-0.1, -0.05) is 17.7 Å². The highest BCUT2D eigenvalue weighted by atomic mass is 35.5. The first-order valence-electron chi connectivity index (χ1n) is 11.0. The van der Waals surface area contributed by atoms with Crippen LogP contribution in [0.2, 0.25) is 5.02 Å². The van der Waals surface area contributed by atoms with E-state index < -0.39 is 5.82 Å². The van der Waals surface area contributed by atoms with E-state index in [9.17, 15) is 9.65 Å². The molecule has 2 aromatic heterocycles. The summed E-state index contributed by atoms with van der Waals surface area (Å²) in [6.45, 7) is 3.49. The van der Waals surface area contributed by atoms with E-state index in [1.54, 1.807) is 38.1 Å². The van der Waals surface area contributed by atoms with Crippen molar-refractivity contribution >= 4 is 11.6 Å². The lowest BCUT2D eigenvalue weighted by Crippen LogP contribution is -1.98. The Labute approximate surface area is 214 Å². The molecule has 0 radical (unpaired) electrons. The Morgan fingerprint density at radius 1 is 0.973 bits per heavy atom. The van der Waals surface area contributed by atoms with Gasteiger partial charge in [0.15, 0.2) is 17.3 Å². The first-order valence-corrected chi connectivity index (χ1v) is 11.4. The van der Waals surface area contributed by atoms with Crippen LogP contribution in [0.4, 0.5) is 8.78 Å². The molecule has 0 fully saturated rings. The Kier molecular flexibility index (Phi) is 6.42. The molecule has 7 nitrogen and oxygen atoms in total. The van der Waals surface area contributed by atoms with Crippen molar-refractivity contribution in [3.63, 3.8) is 0 Å². The largest absolute Gasteiger partial charge is 0.453 e. The number of aryl methyl sites for hydroxylation is 2. The number of benzene rings is 3. The van der Waals surface area contributed by atoms with Crippen LogP contribution in [0.1, 0.15) is 28.3 Å². The molecule has 5 rings (SSSR count). The van der Waals surface area contributed by atoms with Crippen LogP contribution in [-0.2, 0) is 6.42 Å². The van der Waals surface area contributed by atoms with E-state index >= 15 is 4.39 Å². The number of nitriles is 1. The third kappa shape index (κ3) is 5.06. The van der Waals surface area contributed by atoms with Crippen LogP contribution < -0.4 is 4.74 Å². The number of oxazole rings is 1. The second kappa shape index (κ2) is 9.84. The molecule has 0 spiro atoms. The van der Waals surface area contributed by atoms with Gasteiger partial charge in [-0.15, -0.1) is 10.2 Å². The second-order valence-corrected chi connectivity index (χ2v) is 8.61. The van der Waals surface area contributed by atoms with E-state index in [2.05, 4.69) is 15.2 Å². The lowest BCUT2D eigenvalue weighted by Gasteiger charge is -2.12. The molecule has 0 aliphatic rings. The average Bonchev–Trinajstić information content (AvgIpc) is 3.50. The Hall–Kier alpha value is -4.55. The molecule has 0 amide bonds. The summed E-state index contributed by atoms with van der Waals surface area (Å²) in [4.78, 5) is 4.39. The van der Waals surface area contributed by atoms with Gasteiger partial charge in [-0.3, -0.25) is 0 Å². The van der Waals surface area contributed by atoms with Gasteiger partial charge >= 0.3 is 0 Å². The predicted octanol–water partition coefficient (Wildman–Crippen LogP) is 7.19. The van der Waals surface area contributed by atoms with Crippen LogP contribution in [0.5, 0.6) is 11.5 Å². The normalized spacial score (nSPS) is 10.9. The molecule has 0 atom stereocenters. The van der Waals surface area contributed by atoms with E-state index in [-0.39, 0.29) is 52.0 Å². The van der Waals surface area contributed by atoms with Crippen molar-refractivity contribution in [2.45, 2.75) is 20.3 Å². The Bertz CT molecular complexity index is 1660. The summed E-state index contributed by atoms with van der Waals surface area (Å²) in [6, 6.07) is 15.6. The fourth-order valence-electron chi connectivity index (χ4n) is 3.69. The quantitative estimate of drug-likeness (QED) is 0.234. The zero-order valence-electron chi connectivity index (χ0n) is 19.6. The van der Waals surface area contributed by atoms with Crippen molar-refractivity contribution in [1.29, 1.82) is 5.26 Å². The first-order chi connectivity index (χ1) is 17.8. The molecule has 184 valence electrons. The molecule has 0 aliphatic carbocycles. The number of aromatic nitrogens is 3. The van der Waals surface area contributed by atoms with Gasteiger partial charge in [0.05, 0.1) is 23.1 Å². The van der Waals surface area contributed by atoms with Crippen LogP contribution in [0, 0.1) is 36.8 Å².